The lowest BCUT2D eigenvalue weighted by Gasteiger charge is -2.17. The zero-order valence-corrected chi connectivity index (χ0v) is 13.1. The van der Waals surface area contributed by atoms with E-state index in [1.807, 2.05) is 0 Å². The minimum absolute atomic E-state index is 0.00168. The van der Waals surface area contributed by atoms with E-state index in [0.29, 0.717) is 30.0 Å². The van der Waals surface area contributed by atoms with Gasteiger partial charge in [0.25, 0.3) is 0 Å². The van der Waals surface area contributed by atoms with Gasteiger partial charge in [-0.1, -0.05) is 0 Å². The minimum atomic E-state index is -3.43. The number of hydrogen-bond acceptors (Lipinski definition) is 3. The van der Waals surface area contributed by atoms with Crippen molar-refractivity contribution in [3.63, 3.8) is 0 Å². The summed E-state index contributed by atoms with van der Waals surface area (Å²) in [6, 6.07) is 3.44. The average molecular weight is 324 g/mol. The smallest absolute Gasteiger partial charge is 0.212 e. The second kappa shape index (κ2) is 7.81. The van der Waals surface area contributed by atoms with Gasteiger partial charge in [-0.15, -0.1) is 11.6 Å². The Morgan fingerprint density at radius 1 is 1.40 bits per heavy atom. The lowest BCUT2D eigenvalue weighted by molar-refractivity contribution is 0.403. The van der Waals surface area contributed by atoms with Crippen molar-refractivity contribution in [3.8, 4) is 5.75 Å². The van der Waals surface area contributed by atoms with E-state index >= 15 is 0 Å². The van der Waals surface area contributed by atoms with Gasteiger partial charge in [-0.2, -0.15) is 0 Å². The molecule has 1 aromatic rings. The van der Waals surface area contributed by atoms with E-state index in [2.05, 4.69) is 4.72 Å². The Labute approximate surface area is 124 Å². The molecule has 7 heteroatoms. The Hall–Kier alpha value is -0.850. The Kier molecular flexibility index (Phi) is 6.71. The third kappa shape index (κ3) is 5.26. The predicted octanol–water partition coefficient (Wildman–Crippen LogP) is 2.83. The van der Waals surface area contributed by atoms with Gasteiger partial charge in [-0.05, 0) is 38.0 Å². The third-order valence-corrected chi connectivity index (χ3v) is 4.62. The fraction of sp³-hybridized carbons (Fsp3) is 0.538. The molecule has 0 heterocycles. The largest absolute Gasteiger partial charge is 0.496 e. The number of hydrogen-bond donors (Lipinski definition) is 1. The molecule has 0 amide bonds. The molecular formula is C13H19ClFNO3S. The number of methoxy groups -OCH3 is 1. The Balaban J connectivity index is 2.80. The lowest BCUT2D eigenvalue weighted by atomic mass is 10.1. The highest BCUT2D eigenvalue weighted by Gasteiger charge is 2.18. The highest BCUT2D eigenvalue weighted by atomic mass is 35.5. The molecule has 0 bridgehead atoms. The molecule has 0 saturated heterocycles. The van der Waals surface area contributed by atoms with Gasteiger partial charge in [0.1, 0.15) is 11.6 Å². The molecule has 114 valence electrons. The van der Waals surface area contributed by atoms with Crippen LogP contribution in [0.5, 0.6) is 5.75 Å². The normalized spacial score (nSPS) is 13.2. The van der Waals surface area contributed by atoms with Crippen LogP contribution in [-0.4, -0.2) is 27.2 Å². The Bertz CT molecular complexity index is 536. The van der Waals surface area contributed by atoms with Crippen LogP contribution in [-0.2, 0) is 10.0 Å². The van der Waals surface area contributed by atoms with E-state index in [1.165, 1.54) is 25.3 Å². The summed E-state index contributed by atoms with van der Waals surface area (Å²) in [7, 11) is -1.97. The maximum atomic E-state index is 13.3. The van der Waals surface area contributed by atoms with E-state index in [4.69, 9.17) is 16.3 Å². The monoisotopic (exact) mass is 323 g/mol. The first-order valence-electron chi connectivity index (χ1n) is 6.29. The van der Waals surface area contributed by atoms with Gasteiger partial charge in [0.2, 0.25) is 10.0 Å². The van der Waals surface area contributed by atoms with Gasteiger partial charge in [0.05, 0.1) is 12.9 Å². The van der Waals surface area contributed by atoms with Crippen LogP contribution in [0.1, 0.15) is 31.4 Å². The van der Waals surface area contributed by atoms with Crippen LogP contribution in [0.15, 0.2) is 18.2 Å². The van der Waals surface area contributed by atoms with Gasteiger partial charge in [-0.25, -0.2) is 17.5 Å². The average Bonchev–Trinajstić information content (AvgIpc) is 2.38. The molecule has 0 radical (unpaired) electrons. The first kappa shape index (κ1) is 17.2. The van der Waals surface area contributed by atoms with E-state index < -0.39 is 21.9 Å². The molecule has 1 rings (SSSR count). The number of nitrogens with one attached hydrogen (secondary N) is 1. The Morgan fingerprint density at radius 3 is 2.70 bits per heavy atom. The standard InChI is InChI=1S/C13H19ClFNO3S/c1-10(16-20(17,18)8-4-3-7-14)12-9-11(15)5-6-13(12)19-2/h5-6,9-10,16H,3-4,7-8H2,1-2H3. The molecule has 1 aromatic carbocycles. The van der Waals surface area contributed by atoms with Crippen molar-refractivity contribution in [2.45, 2.75) is 25.8 Å². The topological polar surface area (TPSA) is 55.4 Å². The van der Waals surface area contributed by atoms with Crippen LogP contribution in [0, 0.1) is 5.82 Å². The van der Waals surface area contributed by atoms with Gasteiger partial charge < -0.3 is 4.74 Å². The predicted molar refractivity (Wildman–Crippen MR) is 78.2 cm³/mol. The molecule has 0 aliphatic carbocycles. The van der Waals surface area contributed by atoms with E-state index in [-0.39, 0.29) is 5.75 Å². The van der Waals surface area contributed by atoms with Crippen molar-refractivity contribution in [1.29, 1.82) is 0 Å². The first-order chi connectivity index (χ1) is 9.39. The molecule has 0 aliphatic heterocycles. The molecule has 0 spiro atoms. The fourth-order valence-electron chi connectivity index (χ4n) is 1.82. The van der Waals surface area contributed by atoms with Crippen LogP contribution >= 0.6 is 11.6 Å². The summed E-state index contributed by atoms with van der Waals surface area (Å²) in [5.41, 5.74) is 0.466. The summed E-state index contributed by atoms with van der Waals surface area (Å²) in [5, 5.41) is 0. The summed E-state index contributed by atoms with van der Waals surface area (Å²) in [6.07, 6.45) is 1.13. The summed E-state index contributed by atoms with van der Waals surface area (Å²) in [4.78, 5) is 0. The zero-order valence-electron chi connectivity index (χ0n) is 11.5. The second-order valence-electron chi connectivity index (χ2n) is 4.44. The Morgan fingerprint density at radius 2 is 2.10 bits per heavy atom. The van der Waals surface area contributed by atoms with Gasteiger partial charge in [0, 0.05) is 17.5 Å². The quantitative estimate of drug-likeness (QED) is 0.591. The van der Waals surface area contributed by atoms with E-state index in [9.17, 15) is 12.8 Å². The molecule has 4 nitrogen and oxygen atoms in total. The van der Waals surface area contributed by atoms with Crippen molar-refractivity contribution in [2.75, 3.05) is 18.7 Å². The SMILES string of the molecule is COc1ccc(F)cc1C(C)NS(=O)(=O)CCCCCl. The van der Waals surface area contributed by atoms with Crippen LogP contribution in [0.25, 0.3) is 0 Å². The zero-order chi connectivity index (χ0) is 15.2. The maximum Gasteiger partial charge on any atom is 0.212 e. The van der Waals surface area contributed by atoms with Gasteiger partial charge >= 0.3 is 0 Å². The summed E-state index contributed by atoms with van der Waals surface area (Å²) < 4.78 is 44.7. The van der Waals surface area contributed by atoms with E-state index in [0.717, 1.165) is 0 Å². The van der Waals surface area contributed by atoms with Crippen LogP contribution in [0.2, 0.25) is 0 Å². The van der Waals surface area contributed by atoms with Crippen molar-refractivity contribution in [2.24, 2.45) is 0 Å². The number of ether oxygens (including phenoxy) is 1. The number of rotatable bonds is 8. The second-order valence-corrected chi connectivity index (χ2v) is 6.69. The van der Waals surface area contributed by atoms with Crippen LogP contribution < -0.4 is 9.46 Å². The molecule has 20 heavy (non-hydrogen) atoms. The third-order valence-electron chi connectivity index (χ3n) is 2.81. The molecule has 0 fully saturated rings. The highest BCUT2D eigenvalue weighted by Crippen LogP contribution is 2.26. The van der Waals surface area contributed by atoms with Gasteiger partial charge in [0.15, 0.2) is 0 Å². The van der Waals surface area contributed by atoms with Crippen molar-refractivity contribution < 1.29 is 17.5 Å². The van der Waals surface area contributed by atoms with Crippen LogP contribution in [0.4, 0.5) is 4.39 Å². The minimum Gasteiger partial charge on any atom is -0.496 e. The number of sulfonamides is 1. The van der Waals surface area contributed by atoms with Crippen LogP contribution in [0.3, 0.4) is 0 Å². The molecule has 0 aromatic heterocycles. The highest BCUT2D eigenvalue weighted by molar-refractivity contribution is 7.89. The lowest BCUT2D eigenvalue weighted by Crippen LogP contribution is -2.29. The molecular weight excluding hydrogens is 305 g/mol. The number of alkyl halides is 1. The molecule has 0 aliphatic rings. The summed E-state index contributed by atoms with van der Waals surface area (Å²) in [6.45, 7) is 1.65. The number of halogens is 2. The number of benzene rings is 1. The molecule has 1 unspecified atom stereocenters. The molecule has 1 N–H and O–H groups in total. The van der Waals surface area contributed by atoms with Crippen molar-refractivity contribution in [1.82, 2.24) is 4.72 Å². The maximum absolute atomic E-state index is 13.3. The summed E-state index contributed by atoms with van der Waals surface area (Å²) in [5.74, 6) is 0.446. The first-order valence-corrected chi connectivity index (χ1v) is 8.47. The molecule has 1 atom stereocenters. The van der Waals surface area contributed by atoms with Gasteiger partial charge in [-0.3, -0.25) is 0 Å². The molecule has 0 saturated carbocycles. The van der Waals surface area contributed by atoms with Crippen molar-refractivity contribution >= 4 is 21.6 Å². The van der Waals surface area contributed by atoms with E-state index in [1.54, 1.807) is 6.92 Å². The van der Waals surface area contributed by atoms with Crippen molar-refractivity contribution in [3.05, 3.63) is 29.6 Å². The number of unbranched alkanes of at least 4 members (excludes halogenated alkanes) is 1. The summed E-state index contributed by atoms with van der Waals surface area (Å²) >= 11 is 5.52. The fourth-order valence-corrected chi connectivity index (χ4v) is 3.38.